The van der Waals surface area contributed by atoms with Gasteiger partial charge in [-0.3, -0.25) is 0 Å². The molecule has 0 saturated heterocycles. The first kappa shape index (κ1) is 12.4. The van der Waals surface area contributed by atoms with Crippen LogP contribution < -0.4 is 11.1 Å². The Hall–Kier alpha value is -2.03. The molecule has 0 spiro atoms. The van der Waals surface area contributed by atoms with E-state index in [1.54, 1.807) is 6.20 Å². The fraction of sp³-hybridized carbons (Fsp3) is 0.267. The van der Waals surface area contributed by atoms with E-state index in [0.29, 0.717) is 6.04 Å². The van der Waals surface area contributed by atoms with Crippen molar-refractivity contribution in [3.8, 4) is 0 Å². The molecule has 0 saturated carbocycles. The standard InChI is InChI=1S/C15H19N3/c1-11-8-15(17-10-14(11)16)18-12(2)9-13-6-4-3-5-7-13/h3-8,10,12H,9,16H2,1-2H3,(H,17,18). The number of hydrogen-bond donors (Lipinski definition) is 2. The number of aryl methyl sites for hydroxylation is 1. The Morgan fingerprint density at radius 2 is 2.00 bits per heavy atom. The lowest BCUT2D eigenvalue weighted by molar-refractivity contribution is 0.784. The highest BCUT2D eigenvalue weighted by molar-refractivity contribution is 5.51. The maximum Gasteiger partial charge on any atom is 0.126 e. The summed E-state index contributed by atoms with van der Waals surface area (Å²) >= 11 is 0. The molecule has 3 N–H and O–H groups in total. The minimum absolute atomic E-state index is 0.336. The second kappa shape index (κ2) is 5.54. The lowest BCUT2D eigenvalue weighted by atomic mass is 10.1. The number of nitrogen functional groups attached to an aromatic ring is 1. The maximum atomic E-state index is 5.75. The van der Waals surface area contributed by atoms with Gasteiger partial charge in [0.25, 0.3) is 0 Å². The molecular weight excluding hydrogens is 222 g/mol. The summed E-state index contributed by atoms with van der Waals surface area (Å²) in [5.74, 6) is 0.880. The zero-order valence-electron chi connectivity index (χ0n) is 10.9. The third-order valence-corrected chi connectivity index (χ3v) is 2.93. The Morgan fingerprint density at radius 3 is 2.67 bits per heavy atom. The molecule has 0 aliphatic rings. The van der Waals surface area contributed by atoms with E-state index in [4.69, 9.17) is 5.73 Å². The van der Waals surface area contributed by atoms with E-state index < -0.39 is 0 Å². The number of nitrogens with two attached hydrogens (primary N) is 1. The monoisotopic (exact) mass is 241 g/mol. The minimum Gasteiger partial charge on any atom is -0.397 e. The molecule has 1 unspecified atom stereocenters. The van der Waals surface area contributed by atoms with Gasteiger partial charge in [0.2, 0.25) is 0 Å². The van der Waals surface area contributed by atoms with Crippen molar-refractivity contribution in [1.29, 1.82) is 0 Å². The third kappa shape index (κ3) is 3.23. The Bertz CT molecular complexity index is 508. The van der Waals surface area contributed by atoms with Gasteiger partial charge in [-0.25, -0.2) is 4.98 Å². The topological polar surface area (TPSA) is 50.9 Å². The average molecular weight is 241 g/mol. The largest absolute Gasteiger partial charge is 0.397 e. The number of nitrogens with zero attached hydrogens (tertiary/aromatic N) is 1. The van der Waals surface area contributed by atoms with Crippen LogP contribution in [0.5, 0.6) is 0 Å². The summed E-state index contributed by atoms with van der Waals surface area (Å²) in [5, 5.41) is 3.39. The van der Waals surface area contributed by atoms with E-state index >= 15 is 0 Å². The minimum atomic E-state index is 0.336. The fourth-order valence-corrected chi connectivity index (χ4v) is 1.92. The van der Waals surface area contributed by atoms with Crippen molar-refractivity contribution in [2.24, 2.45) is 0 Å². The van der Waals surface area contributed by atoms with Gasteiger partial charge in [0, 0.05) is 6.04 Å². The van der Waals surface area contributed by atoms with Gasteiger partial charge < -0.3 is 11.1 Å². The Labute approximate surface area is 108 Å². The summed E-state index contributed by atoms with van der Waals surface area (Å²) in [4.78, 5) is 4.28. The number of hydrogen-bond acceptors (Lipinski definition) is 3. The van der Waals surface area contributed by atoms with E-state index in [-0.39, 0.29) is 0 Å². The number of anilines is 2. The molecule has 1 aromatic heterocycles. The molecule has 3 nitrogen and oxygen atoms in total. The molecule has 0 bridgehead atoms. The first-order valence-electron chi connectivity index (χ1n) is 6.18. The predicted octanol–water partition coefficient (Wildman–Crippen LogP) is 3.02. The lowest BCUT2D eigenvalue weighted by Gasteiger charge is -2.15. The lowest BCUT2D eigenvalue weighted by Crippen LogP contribution is -2.19. The van der Waals surface area contributed by atoms with Gasteiger partial charge in [0.05, 0.1) is 11.9 Å². The molecule has 0 amide bonds. The molecule has 2 aromatic rings. The smallest absolute Gasteiger partial charge is 0.126 e. The van der Waals surface area contributed by atoms with Crippen LogP contribution >= 0.6 is 0 Å². The van der Waals surface area contributed by atoms with Gasteiger partial charge >= 0.3 is 0 Å². The first-order chi connectivity index (χ1) is 8.65. The summed E-state index contributed by atoms with van der Waals surface area (Å²) in [6, 6.07) is 12.8. The number of nitrogens with one attached hydrogen (secondary N) is 1. The van der Waals surface area contributed by atoms with E-state index in [2.05, 4.69) is 41.5 Å². The van der Waals surface area contributed by atoms with Gasteiger partial charge in [-0.15, -0.1) is 0 Å². The van der Waals surface area contributed by atoms with Crippen LogP contribution in [0.3, 0.4) is 0 Å². The van der Waals surface area contributed by atoms with E-state index in [1.165, 1.54) is 5.56 Å². The molecule has 2 rings (SSSR count). The zero-order valence-corrected chi connectivity index (χ0v) is 10.9. The number of rotatable bonds is 4. The fourth-order valence-electron chi connectivity index (χ4n) is 1.92. The highest BCUT2D eigenvalue weighted by Gasteiger charge is 2.05. The van der Waals surface area contributed by atoms with Crippen molar-refractivity contribution in [3.05, 3.63) is 53.7 Å². The van der Waals surface area contributed by atoms with E-state index in [9.17, 15) is 0 Å². The molecule has 1 atom stereocenters. The van der Waals surface area contributed by atoms with Crippen LogP contribution in [0.1, 0.15) is 18.1 Å². The van der Waals surface area contributed by atoms with Crippen LogP contribution in [-0.2, 0) is 6.42 Å². The first-order valence-corrected chi connectivity index (χ1v) is 6.18. The number of pyridine rings is 1. The molecule has 3 heteroatoms. The zero-order chi connectivity index (χ0) is 13.0. The van der Waals surface area contributed by atoms with Crippen molar-refractivity contribution in [2.75, 3.05) is 11.1 Å². The van der Waals surface area contributed by atoms with Crippen LogP contribution in [-0.4, -0.2) is 11.0 Å². The Balaban J connectivity index is 1.99. The van der Waals surface area contributed by atoms with Crippen LogP contribution in [0.25, 0.3) is 0 Å². The van der Waals surface area contributed by atoms with Crippen LogP contribution in [0.15, 0.2) is 42.6 Å². The summed E-state index contributed by atoms with van der Waals surface area (Å²) in [6.45, 7) is 4.14. The summed E-state index contributed by atoms with van der Waals surface area (Å²) in [5.41, 5.74) is 8.86. The summed E-state index contributed by atoms with van der Waals surface area (Å²) in [6.07, 6.45) is 2.68. The van der Waals surface area contributed by atoms with Crippen molar-refractivity contribution < 1.29 is 0 Å². The third-order valence-electron chi connectivity index (χ3n) is 2.93. The Morgan fingerprint density at radius 1 is 1.28 bits per heavy atom. The maximum absolute atomic E-state index is 5.75. The molecule has 94 valence electrons. The SMILES string of the molecule is Cc1cc(NC(C)Cc2ccccc2)ncc1N. The summed E-state index contributed by atoms with van der Waals surface area (Å²) < 4.78 is 0. The molecular formula is C15H19N3. The van der Waals surface area contributed by atoms with Crippen molar-refractivity contribution >= 4 is 11.5 Å². The second-order valence-corrected chi connectivity index (χ2v) is 4.66. The molecule has 0 radical (unpaired) electrons. The predicted molar refractivity (Wildman–Crippen MR) is 76.6 cm³/mol. The van der Waals surface area contributed by atoms with Gasteiger partial charge in [0.1, 0.15) is 5.82 Å². The number of aromatic nitrogens is 1. The van der Waals surface area contributed by atoms with Crippen molar-refractivity contribution in [1.82, 2.24) is 4.98 Å². The van der Waals surface area contributed by atoms with Crippen LogP contribution in [0.2, 0.25) is 0 Å². The molecule has 0 aliphatic carbocycles. The molecule has 1 aromatic carbocycles. The normalized spacial score (nSPS) is 12.1. The molecule has 0 fully saturated rings. The van der Waals surface area contributed by atoms with E-state index in [0.717, 1.165) is 23.5 Å². The van der Waals surface area contributed by atoms with Gasteiger partial charge in [-0.2, -0.15) is 0 Å². The van der Waals surface area contributed by atoms with Crippen molar-refractivity contribution in [3.63, 3.8) is 0 Å². The second-order valence-electron chi connectivity index (χ2n) is 4.66. The average Bonchev–Trinajstić information content (AvgIpc) is 2.35. The number of benzene rings is 1. The van der Waals surface area contributed by atoms with Crippen LogP contribution in [0, 0.1) is 6.92 Å². The van der Waals surface area contributed by atoms with Gasteiger partial charge in [-0.05, 0) is 37.5 Å². The highest BCUT2D eigenvalue weighted by atomic mass is 15.0. The molecule has 18 heavy (non-hydrogen) atoms. The van der Waals surface area contributed by atoms with E-state index in [1.807, 2.05) is 19.1 Å². The summed E-state index contributed by atoms with van der Waals surface area (Å²) in [7, 11) is 0. The van der Waals surface area contributed by atoms with Gasteiger partial charge in [-0.1, -0.05) is 30.3 Å². The van der Waals surface area contributed by atoms with Gasteiger partial charge in [0.15, 0.2) is 0 Å². The molecule has 1 heterocycles. The molecule has 0 aliphatic heterocycles. The highest BCUT2D eigenvalue weighted by Crippen LogP contribution is 2.14. The Kier molecular flexibility index (Phi) is 3.82. The van der Waals surface area contributed by atoms with Crippen molar-refractivity contribution in [2.45, 2.75) is 26.3 Å². The quantitative estimate of drug-likeness (QED) is 0.865. The van der Waals surface area contributed by atoms with Crippen LogP contribution in [0.4, 0.5) is 11.5 Å².